The highest BCUT2D eigenvalue weighted by Crippen LogP contribution is 2.22. The Kier molecular flexibility index (Phi) is 4.11. The number of hydrogen-bond donors (Lipinski definition) is 1. The van der Waals surface area contributed by atoms with Crippen LogP contribution in [0, 0.1) is 0 Å². The summed E-state index contributed by atoms with van der Waals surface area (Å²) < 4.78 is 5.81. The van der Waals surface area contributed by atoms with Gasteiger partial charge >= 0.3 is 0 Å². The quantitative estimate of drug-likeness (QED) is 0.794. The summed E-state index contributed by atoms with van der Waals surface area (Å²) >= 11 is 0. The molecular formula is C19H20N4O2. The van der Waals surface area contributed by atoms with Gasteiger partial charge in [-0.05, 0) is 29.8 Å². The summed E-state index contributed by atoms with van der Waals surface area (Å²) in [7, 11) is 0. The number of nitrogens with zero attached hydrogens (tertiary/aromatic N) is 3. The van der Waals surface area contributed by atoms with Crippen LogP contribution in [0.4, 0.5) is 6.01 Å². The smallest absolute Gasteiger partial charge is 0.298 e. The van der Waals surface area contributed by atoms with Gasteiger partial charge in [0.15, 0.2) is 5.58 Å². The van der Waals surface area contributed by atoms with Gasteiger partial charge in [-0.25, -0.2) is 0 Å². The zero-order valence-corrected chi connectivity index (χ0v) is 13.9. The van der Waals surface area contributed by atoms with Gasteiger partial charge in [0.1, 0.15) is 5.52 Å². The zero-order chi connectivity index (χ0) is 17.2. The predicted molar refractivity (Wildman–Crippen MR) is 96.5 cm³/mol. The summed E-state index contributed by atoms with van der Waals surface area (Å²) in [6.45, 7) is 3.20. The van der Waals surface area contributed by atoms with E-state index in [1.165, 1.54) is 0 Å². The third-order valence-electron chi connectivity index (χ3n) is 4.56. The summed E-state index contributed by atoms with van der Waals surface area (Å²) in [5, 5.41) is 0. The second-order valence-corrected chi connectivity index (χ2v) is 6.14. The van der Waals surface area contributed by atoms with Gasteiger partial charge in [0.05, 0.1) is 0 Å². The van der Waals surface area contributed by atoms with Crippen LogP contribution in [0.15, 0.2) is 52.9 Å². The molecule has 6 heteroatoms. The van der Waals surface area contributed by atoms with Gasteiger partial charge in [-0.3, -0.25) is 4.79 Å². The van der Waals surface area contributed by atoms with Crippen molar-refractivity contribution in [3.05, 3.63) is 59.7 Å². The highest BCUT2D eigenvalue weighted by molar-refractivity contribution is 5.94. The number of aromatic nitrogens is 1. The van der Waals surface area contributed by atoms with E-state index in [1.807, 2.05) is 53.4 Å². The molecule has 0 aliphatic carbocycles. The van der Waals surface area contributed by atoms with Gasteiger partial charge in [-0.1, -0.05) is 24.3 Å². The molecular weight excluding hydrogens is 316 g/mol. The molecule has 1 fully saturated rings. The highest BCUT2D eigenvalue weighted by Gasteiger charge is 2.24. The van der Waals surface area contributed by atoms with E-state index in [4.69, 9.17) is 10.2 Å². The number of oxazole rings is 1. The summed E-state index contributed by atoms with van der Waals surface area (Å²) in [4.78, 5) is 21.1. The van der Waals surface area contributed by atoms with Crippen molar-refractivity contribution in [1.82, 2.24) is 9.88 Å². The molecule has 1 saturated heterocycles. The Morgan fingerprint density at radius 2 is 1.76 bits per heavy atom. The van der Waals surface area contributed by atoms with Crippen molar-refractivity contribution in [2.75, 3.05) is 31.1 Å². The van der Waals surface area contributed by atoms with E-state index in [1.54, 1.807) is 0 Å². The maximum absolute atomic E-state index is 12.6. The van der Waals surface area contributed by atoms with Crippen LogP contribution >= 0.6 is 0 Å². The number of piperazine rings is 1. The second kappa shape index (κ2) is 6.57. The second-order valence-electron chi connectivity index (χ2n) is 6.14. The summed E-state index contributed by atoms with van der Waals surface area (Å²) in [5.74, 6) is 0.0563. The van der Waals surface area contributed by atoms with Gasteiger partial charge in [0.25, 0.3) is 11.9 Å². The van der Waals surface area contributed by atoms with Crippen molar-refractivity contribution >= 4 is 23.0 Å². The maximum Gasteiger partial charge on any atom is 0.298 e. The Balaban J connectivity index is 1.42. The first kappa shape index (κ1) is 15.7. The third kappa shape index (κ3) is 3.08. The number of amides is 1. The van der Waals surface area contributed by atoms with Gasteiger partial charge in [-0.15, -0.1) is 0 Å². The molecule has 1 aliphatic heterocycles. The molecule has 25 heavy (non-hydrogen) atoms. The molecule has 0 atom stereocenters. The number of carbonyl (C=O) groups excluding carboxylic acids is 1. The molecule has 0 radical (unpaired) electrons. The minimum Gasteiger partial charge on any atom is -0.423 e. The van der Waals surface area contributed by atoms with Crippen molar-refractivity contribution in [3.63, 3.8) is 0 Å². The van der Waals surface area contributed by atoms with Crippen molar-refractivity contribution in [2.45, 2.75) is 6.54 Å². The number of nitrogens with two attached hydrogens (primary N) is 1. The van der Waals surface area contributed by atoms with Crippen molar-refractivity contribution in [2.24, 2.45) is 5.73 Å². The number of carbonyl (C=O) groups is 1. The standard InChI is InChI=1S/C19H20N4O2/c20-13-14-5-7-15(8-6-14)18(24)22-9-11-23(12-10-22)19-21-16-3-1-2-4-17(16)25-19/h1-8H,9-13,20H2. The fraction of sp³-hybridized carbons (Fsp3) is 0.263. The lowest BCUT2D eigenvalue weighted by Crippen LogP contribution is -2.48. The predicted octanol–water partition coefficient (Wildman–Crippen LogP) is 2.25. The van der Waals surface area contributed by atoms with Gasteiger partial charge in [0, 0.05) is 38.3 Å². The zero-order valence-electron chi connectivity index (χ0n) is 13.9. The van der Waals surface area contributed by atoms with E-state index in [9.17, 15) is 4.79 Å². The normalized spacial score (nSPS) is 14.9. The lowest BCUT2D eigenvalue weighted by Gasteiger charge is -2.33. The van der Waals surface area contributed by atoms with Crippen LogP contribution in [0.5, 0.6) is 0 Å². The highest BCUT2D eigenvalue weighted by atomic mass is 16.4. The average molecular weight is 336 g/mol. The van der Waals surface area contributed by atoms with Crippen molar-refractivity contribution in [3.8, 4) is 0 Å². The van der Waals surface area contributed by atoms with E-state index < -0.39 is 0 Å². The molecule has 0 spiro atoms. The van der Waals surface area contributed by atoms with Crippen LogP contribution in [-0.4, -0.2) is 42.0 Å². The molecule has 0 bridgehead atoms. The SMILES string of the molecule is NCc1ccc(C(=O)N2CCN(c3nc4ccccc4o3)CC2)cc1. The first-order valence-electron chi connectivity index (χ1n) is 8.43. The number of para-hydroxylation sites is 2. The fourth-order valence-corrected chi connectivity index (χ4v) is 3.06. The van der Waals surface area contributed by atoms with Crippen LogP contribution in [0.1, 0.15) is 15.9 Å². The molecule has 3 aromatic rings. The molecule has 1 amide bonds. The molecule has 4 rings (SSSR count). The fourth-order valence-electron chi connectivity index (χ4n) is 3.06. The Labute approximate surface area is 145 Å². The van der Waals surface area contributed by atoms with Crippen LogP contribution < -0.4 is 10.6 Å². The summed E-state index contributed by atoms with van der Waals surface area (Å²) in [6, 6.07) is 15.9. The lowest BCUT2D eigenvalue weighted by molar-refractivity contribution is 0.0745. The molecule has 0 saturated carbocycles. The molecule has 2 heterocycles. The van der Waals surface area contributed by atoms with Crippen LogP contribution in [-0.2, 0) is 6.54 Å². The summed E-state index contributed by atoms with van der Waals surface area (Å²) in [6.07, 6.45) is 0. The van der Waals surface area contributed by atoms with Gasteiger partial charge in [0.2, 0.25) is 0 Å². The van der Waals surface area contributed by atoms with Crippen LogP contribution in [0.3, 0.4) is 0 Å². The average Bonchev–Trinajstić information content (AvgIpc) is 3.12. The summed E-state index contributed by atoms with van der Waals surface area (Å²) in [5.41, 5.74) is 8.97. The van der Waals surface area contributed by atoms with E-state index in [0.29, 0.717) is 44.3 Å². The van der Waals surface area contributed by atoms with E-state index in [-0.39, 0.29) is 5.91 Å². The minimum absolute atomic E-state index is 0.0563. The Bertz CT molecular complexity index is 847. The number of benzene rings is 2. The largest absolute Gasteiger partial charge is 0.423 e. The number of hydrogen-bond acceptors (Lipinski definition) is 5. The van der Waals surface area contributed by atoms with Gasteiger partial charge in [-0.2, -0.15) is 4.98 Å². The minimum atomic E-state index is 0.0563. The first-order chi connectivity index (χ1) is 12.2. The Morgan fingerprint density at radius 3 is 2.44 bits per heavy atom. The van der Waals surface area contributed by atoms with Gasteiger partial charge < -0.3 is 20.0 Å². The number of rotatable bonds is 3. The molecule has 6 nitrogen and oxygen atoms in total. The van der Waals surface area contributed by atoms with E-state index in [0.717, 1.165) is 16.7 Å². The Morgan fingerprint density at radius 1 is 1.04 bits per heavy atom. The monoisotopic (exact) mass is 336 g/mol. The van der Waals surface area contributed by atoms with E-state index >= 15 is 0 Å². The van der Waals surface area contributed by atoms with Crippen LogP contribution in [0.25, 0.3) is 11.1 Å². The first-order valence-corrected chi connectivity index (χ1v) is 8.43. The number of fused-ring (bicyclic) bond motifs is 1. The third-order valence-corrected chi connectivity index (χ3v) is 4.56. The maximum atomic E-state index is 12.6. The molecule has 2 aromatic carbocycles. The molecule has 128 valence electrons. The molecule has 0 unspecified atom stereocenters. The van der Waals surface area contributed by atoms with Crippen LogP contribution in [0.2, 0.25) is 0 Å². The molecule has 2 N–H and O–H groups in total. The van der Waals surface area contributed by atoms with Crippen molar-refractivity contribution in [1.29, 1.82) is 0 Å². The van der Waals surface area contributed by atoms with E-state index in [2.05, 4.69) is 9.88 Å². The topological polar surface area (TPSA) is 75.6 Å². The molecule has 1 aromatic heterocycles. The Hall–Kier alpha value is -2.86. The molecule has 1 aliphatic rings. The van der Waals surface area contributed by atoms with Crippen molar-refractivity contribution < 1.29 is 9.21 Å². The number of anilines is 1. The lowest BCUT2D eigenvalue weighted by atomic mass is 10.1.